The van der Waals surface area contributed by atoms with E-state index in [1.807, 2.05) is 254 Å². The summed E-state index contributed by atoms with van der Waals surface area (Å²) >= 11 is 0. The van der Waals surface area contributed by atoms with Crippen molar-refractivity contribution in [1.82, 2.24) is 21.3 Å². The van der Waals surface area contributed by atoms with Crippen LogP contribution in [0, 0.1) is 35.5 Å². The van der Waals surface area contributed by atoms with Crippen LogP contribution in [0.2, 0.25) is 0 Å². The van der Waals surface area contributed by atoms with E-state index in [0.717, 1.165) is 71.7 Å². The maximum atomic E-state index is 14.4. The maximum Gasteiger partial charge on any atom is 0.312 e. The third-order valence-electron chi connectivity index (χ3n) is 18.7. The largest absolute Gasteiger partial charge is 0.481 e. The van der Waals surface area contributed by atoms with Crippen molar-refractivity contribution in [2.75, 3.05) is 20.2 Å². The molecule has 0 heterocycles. The Morgan fingerprint density at radius 3 is 0.943 bits per heavy atom. The number of rotatable bonds is 38. The topological polar surface area (TPSA) is 253 Å². The van der Waals surface area contributed by atoms with Gasteiger partial charge in [0, 0.05) is 58.7 Å². The first-order chi connectivity index (χ1) is 50.1. The number of carbonyl (C=O) groups excluding carboxylic acids is 7. The molecule has 8 atom stereocenters. The average molecular weight is 1440 g/mol. The molecule has 7 rings (SSSR count). The third kappa shape index (κ3) is 27.5. The van der Waals surface area contributed by atoms with Gasteiger partial charge in [-0.3, -0.25) is 38.4 Å². The van der Waals surface area contributed by atoms with Crippen molar-refractivity contribution in [2.45, 2.75) is 188 Å². The average Bonchev–Trinajstić information content (AvgIpc) is 0.761. The molecule has 0 aliphatic rings. The van der Waals surface area contributed by atoms with Gasteiger partial charge < -0.3 is 45.7 Å². The lowest BCUT2D eigenvalue weighted by atomic mass is 9.76. The number of aliphatic carboxylic acids is 1. The number of Topliss-reactive ketones (excluding diaryl/α,β-unsaturated/α-hetero) is 2. The smallest absolute Gasteiger partial charge is 0.312 e. The van der Waals surface area contributed by atoms with E-state index in [1.165, 1.54) is 0 Å². The highest BCUT2D eigenvalue weighted by Gasteiger charge is 2.42. The van der Waals surface area contributed by atoms with Crippen LogP contribution in [-0.4, -0.2) is 101 Å². The Balaban J connectivity index is 0.000000372. The van der Waals surface area contributed by atoms with E-state index >= 15 is 0 Å². The molecule has 0 spiro atoms. The quantitative estimate of drug-likeness (QED) is 0.0156. The van der Waals surface area contributed by atoms with Crippen molar-refractivity contribution >= 4 is 47.1 Å². The Kier molecular flexibility index (Phi) is 35.4. The molecule has 7 aromatic rings. The minimum Gasteiger partial charge on any atom is -0.481 e. The van der Waals surface area contributed by atoms with Gasteiger partial charge in [-0.15, -0.1) is 0 Å². The molecule has 0 saturated heterocycles. The second-order valence-electron chi connectivity index (χ2n) is 29.2. The highest BCUT2D eigenvalue weighted by Crippen LogP contribution is 2.39. The summed E-state index contributed by atoms with van der Waals surface area (Å²) in [4.78, 5) is 109. The summed E-state index contributed by atoms with van der Waals surface area (Å²) in [5.74, 6) is -7.23. The van der Waals surface area contributed by atoms with E-state index in [1.54, 1.807) is 13.8 Å². The number of benzene rings is 7. The van der Waals surface area contributed by atoms with Gasteiger partial charge in [-0.2, -0.15) is 0 Å². The molecular weight excluding hydrogens is 1320 g/mol. The monoisotopic (exact) mass is 1430 g/mol. The molecule has 0 aromatic heterocycles. The minimum atomic E-state index is -1.15. The second-order valence-corrected chi connectivity index (χ2v) is 29.2. The number of carboxylic acids is 1. The number of hydrogen-bond donors (Lipinski definition) is 6. The first-order valence-electron chi connectivity index (χ1n) is 36.9. The molecule has 4 amide bonds. The van der Waals surface area contributed by atoms with E-state index < -0.39 is 93.6 Å². The normalized spacial score (nSPS) is 13.8. The molecule has 0 saturated carbocycles. The van der Waals surface area contributed by atoms with E-state index in [0.29, 0.717) is 24.9 Å². The molecule has 17 heteroatoms. The summed E-state index contributed by atoms with van der Waals surface area (Å²) in [6.07, 6.45) is 0.547. The Morgan fingerprint density at radius 1 is 0.390 bits per heavy atom. The number of ketones is 2. The number of esters is 1. The van der Waals surface area contributed by atoms with Crippen molar-refractivity contribution in [3.8, 4) is 0 Å². The maximum absolute atomic E-state index is 14.4. The fourth-order valence-corrected chi connectivity index (χ4v) is 12.8. The minimum absolute atomic E-state index is 0.0555. The molecular formula is C88H114N4O13. The van der Waals surface area contributed by atoms with Crippen LogP contribution in [0.3, 0.4) is 0 Å². The van der Waals surface area contributed by atoms with Gasteiger partial charge in [-0.25, -0.2) is 0 Å². The van der Waals surface area contributed by atoms with Gasteiger partial charge in [0.15, 0.2) is 0 Å². The lowest BCUT2D eigenvalue weighted by Crippen LogP contribution is -2.49. The molecule has 564 valence electrons. The number of amides is 4. The SMILES string of the molecule is CC[C@H](C)CCNC(=O)[C@@H](CC(=O)C[C@H](C(=O)O)C(C)OC(C)(C)C)CC(=O)NC(c1ccccc1)(c1ccccc1)c1ccccc1.CC[C@H](C)CCNC(=O)[C@@H](CC(=O)C[C@H](C(=O)OCc1ccccc1)C(C)OC(C)(C)C)CC(=O)NC(c1ccccc1)(c1ccccc1)c1ccccc1.CO. The Hall–Kier alpha value is -9.42. The lowest BCUT2D eigenvalue weighted by Gasteiger charge is -2.37. The molecule has 105 heavy (non-hydrogen) atoms. The Morgan fingerprint density at radius 2 is 0.667 bits per heavy atom. The van der Waals surface area contributed by atoms with Gasteiger partial charge in [0.05, 0.1) is 47.1 Å². The summed E-state index contributed by atoms with van der Waals surface area (Å²) in [6.45, 7) is 23.8. The highest BCUT2D eigenvalue weighted by molar-refractivity contribution is 5.94. The van der Waals surface area contributed by atoms with Gasteiger partial charge in [0.1, 0.15) is 29.3 Å². The van der Waals surface area contributed by atoms with Gasteiger partial charge in [0.25, 0.3) is 0 Å². The first-order valence-corrected chi connectivity index (χ1v) is 36.9. The molecule has 0 fully saturated rings. The zero-order valence-corrected chi connectivity index (χ0v) is 63.9. The summed E-state index contributed by atoms with van der Waals surface area (Å²) < 4.78 is 17.7. The number of aliphatic hydroxyl groups excluding tert-OH is 1. The molecule has 0 aliphatic carbocycles. The number of nitrogens with one attached hydrogen (secondary N) is 4. The van der Waals surface area contributed by atoms with E-state index in [4.69, 9.17) is 19.3 Å². The summed E-state index contributed by atoms with van der Waals surface area (Å²) in [5, 5.41) is 29.5. The molecule has 0 radical (unpaired) electrons. The molecule has 0 bridgehead atoms. The molecule has 0 aliphatic heterocycles. The summed E-state index contributed by atoms with van der Waals surface area (Å²) in [7, 11) is 1.00. The molecule has 7 aromatic carbocycles. The number of carbonyl (C=O) groups is 8. The van der Waals surface area contributed by atoms with E-state index in [9.17, 15) is 43.5 Å². The molecule has 2 unspecified atom stereocenters. The molecule has 6 N–H and O–H groups in total. The second kappa shape index (κ2) is 43.1. The fourth-order valence-electron chi connectivity index (χ4n) is 12.8. The van der Waals surface area contributed by atoms with Crippen LogP contribution in [-0.2, 0) is 70.3 Å². The zero-order chi connectivity index (χ0) is 77.2. The van der Waals surface area contributed by atoms with Crippen LogP contribution in [0.4, 0.5) is 0 Å². The first kappa shape index (κ1) is 86.2. The van der Waals surface area contributed by atoms with E-state index in [-0.39, 0.29) is 56.8 Å². The van der Waals surface area contributed by atoms with Crippen molar-refractivity contribution in [2.24, 2.45) is 35.5 Å². The standard InChI is InChI=1S/C47H58N2O6.C40H52N2O6.CH4O/c1-7-34(2)28-29-48-44(52)37(30-41(50)32-42(35(3)55-46(4,5)6)45(53)54-33-36-20-12-8-13-21-36)31-43(51)49-47(38-22-14-9-15-23-38,39-24-16-10-17-25-39)40-26-18-11-19-27-40;1-7-28(2)23-24-41-37(45)30(25-34(43)27-35(38(46)47)29(3)48-39(4,5)6)26-36(44)42-40(31-17-11-8-12-18-31,32-19-13-9-14-20-32)33-21-15-10-16-22-33;1-2/h8-27,34-35,37,42H,7,28-33H2,1-6H3,(H,48,52)(H,49,51);8-22,28-30,35H,7,23-27H2,1-6H3,(H,41,45)(H,42,44)(H,46,47);2H,1H3/t34-,35?,37-,42-;28-,29?,30-,35-;/m00./s1. The Bertz CT molecular complexity index is 3560. The van der Waals surface area contributed by atoms with Crippen molar-refractivity contribution in [3.05, 3.63) is 251 Å². The van der Waals surface area contributed by atoms with Gasteiger partial charge in [-0.05, 0) is 119 Å². The molecule has 17 nitrogen and oxygen atoms in total. The van der Waals surface area contributed by atoms with E-state index in [2.05, 4.69) is 49.0 Å². The summed E-state index contributed by atoms with van der Waals surface area (Å²) in [6, 6.07) is 67.5. The number of aliphatic hydroxyl groups is 1. The summed E-state index contributed by atoms with van der Waals surface area (Å²) in [5.41, 5.74) is 2.49. The third-order valence-corrected chi connectivity index (χ3v) is 18.7. The Labute approximate surface area is 623 Å². The highest BCUT2D eigenvalue weighted by atomic mass is 16.5. The van der Waals surface area contributed by atoms with Gasteiger partial charge in [-0.1, -0.05) is 253 Å². The van der Waals surface area contributed by atoms with Crippen LogP contribution < -0.4 is 21.3 Å². The van der Waals surface area contributed by atoms with Crippen LogP contribution in [0.5, 0.6) is 0 Å². The van der Waals surface area contributed by atoms with Gasteiger partial charge in [0.2, 0.25) is 23.6 Å². The predicted molar refractivity (Wildman–Crippen MR) is 413 cm³/mol. The lowest BCUT2D eigenvalue weighted by molar-refractivity contribution is -0.162. The van der Waals surface area contributed by atoms with Crippen LogP contribution >= 0.6 is 0 Å². The van der Waals surface area contributed by atoms with Crippen LogP contribution in [0.1, 0.15) is 186 Å². The van der Waals surface area contributed by atoms with Crippen molar-refractivity contribution < 1.29 is 62.8 Å². The number of hydrogen-bond acceptors (Lipinski definition) is 12. The van der Waals surface area contributed by atoms with Crippen LogP contribution in [0.15, 0.2) is 212 Å². The number of carboxylic acid groups (broad SMARTS) is 1. The van der Waals surface area contributed by atoms with Crippen molar-refractivity contribution in [1.29, 1.82) is 0 Å². The predicted octanol–water partition coefficient (Wildman–Crippen LogP) is 15.1. The van der Waals surface area contributed by atoms with Crippen molar-refractivity contribution in [3.63, 3.8) is 0 Å². The van der Waals surface area contributed by atoms with Gasteiger partial charge >= 0.3 is 11.9 Å². The van der Waals surface area contributed by atoms with Crippen LogP contribution in [0.25, 0.3) is 0 Å². The number of ether oxygens (including phenoxy) is 3. The fraction of sp³-hybridized carbons (Fsp3) is 0.432. The zero-order valence-electron chi connectivity index (χ0n) is 63.9.